The van der Waals surface area contributed by atoms with Crippen molar-refractivity contribution in [1.29, 1.82) is 0 Å². The molecule has 1 aromatic rings. The highest BCUT2D eigenvalue weighted by atomic mass is 79.9. The summed E-state index contributed by atoms with van der Waals surface area (Å²) in [5.74, 6) is -0.0428. The first kappa shape index (κ1) is 18.3. The molecule has 118 valence electrons. The number of benzene rings is 1. The molecule has 0 heterocycles. The van der Waals surface area contributed by atoms with Crippen LogP contribution in [0, 0.1) is 5.92 Å². The third-order valence-corrected chi connectivity index (χ3v) is 3.88. The number of hydrogen-bond acceptors (Lipinski definition) is 1. The molecule has 0 aliphatic carbocycles. The van der Waals surface area contributed by atoms with Gasteiger partial charge in [-0.1, -0.05) is 13.8 Å². The molecule has 1 atom stereocenters. The average molecular weight is 387 g/mol. The predicted molar refractivity (Wildman–Crippen MR) is 80.6 cm³/mol. The van der Waals surface area contributed by atoms with E-state index in [0.29, 0.717) is 16.8 Å². The van der Waals surface area contributed by atoms with Crippen molar-refractivity contribution in [3.05, 3.63) is 33.8 Å². The molecule has 1 amide bonds. The third kappa shape index (κ3) is 5.51. The summed E-state index contributed by atoms with van der Waals surface area (Å²) in [6, 6.07) is 2.70. The Balaban J connectivity index is 2.96. The van der Waals surface area contributed by atoms with Crippen LogP contribution in [-0.4, -0.2) is 17.8 Å². The lowest BCUT2D eigenvalue weighted by Crippen LogP contribution is -2.37. The maximum atomic E-state index is 12.7. The Hall–Kier alpha value is -0.750. The van der Waals surface area contributed by atoms with Gasteiger partial charge in [0.15, 0.2) is 0 Å². The second-order valence-corrected chi connectivity index (χ2v) is 6.31. The lowest BCUT2D eigenvalue weighted by atomic mass is 10.0. The molecule has 0 spiro atoms. The summed E-state index contributed by atoms with van der Waals surface area (Å²) in [5.41, 5.74) is -0.911. The second-order valence-electron chi connectivity index (χ2n) is 5.15. The van der Waals surface area contributed by atoms with Crippen LogP contribution >= 0.6 is 27.5 Å². The fourth-order valence-corrected chi connectivity index (χ4v) is 2.50. The molecule has 0 saturated heterocycles. The molecule has 1 unspecified atom stereocenters. The van der Waals surface area contributed by atoms with E-state index in [-0.39, 0.29) is 17.5 Å². The number of nitrogens with one attached hydrogen (secondary N) is 1. The van der Waals surface area contributed by atoms with Crippen LogP contribution in [0.25, 0.3) is 0 Å². The summed E-state index contributed by atoms with van der Waals surface area (Å²) in [6.07, 6.45) is -3.83. The maximum absolute atomic E-state index is 12.7. The summed E-state index contributed by atoms with van der Waals surface area (Å²) >= 11 is 8.88. The topological polar surface area (TPSA) is 29.1 Å². The van der Waals surface area contributed by atoms with E-state index >= 15 is 0 Å². The summed E-state index contributed by atoms with van der Waals surface area (Å²) in [4.78, 5) is 12.1. The monoisotopic (exact) mass is 385 g/mol. The van der Waals surface area contributed by atoms with Gasteiger partial charge in [-0.05, 0) is 46.5 Å². The fourth-order valence-electron chi connectivity index (χ4n) is 1.87. The number of amides is 1. The number of alkyl halides is 4. The molecule has 0 aliphatic heterocycles. The van der Waals surface area contributed by atoms with Crippen molar-refractivity contribution in [1.82, 2.24) is 5.32 Å². The smallest absolute Gasteiger partial charge is 0.348 e. The Labute approximate surface area is 135 Å². The highest BCUT2D eigenvalue weighted by Gasteiger charge is 2.31. The summed E-state index contributed by atoms with van der Waals surface area (Å²) in [7, 11) is 0. The Kier molecular flexibility index (Phi) is 6.53. The van der Waals surface area contributed by atoms with Gasteiger partial charge in [-0.15, -0.1) is 11.6 Å². The number of hydrogen-bond donors (Lipinski definition) is 1. The average Bonchev–Trinajstić information content (AvgIpc) is 2.36. The van der Waals surface area contributed by atoms with Gasteiger partial charge < -0.3 is 5.32 Å². The van der Waals surface area contributed by atoms with Gasteiger partial charge in [-0.25, -0.2) is 0 Å². The summed E-state index contributed by atoms with van der Waals surface area (Å²) < 4.78 is 38.4. The van der Waals surface area contributed by atoms with E-state index in [1.807, 2.05) is 13.8 Å². The van der Waals surface area contributed by atoms with Gasteiger partial charge in [-0.2, -0.15) is 13.2 Å². The molecule has 7 heteroatoms. The van der Waals surface area contributed by atoms with Gasteiger partial charge in [0.2, 0.25) is 0 Å². The lowest BCUT2D eigenvalue weighted by molar-refractivity contribution is -0.137. The quantitative estimate of drug-likeness (QED) is 0.720. The molecule has 0 aliphatic rings. The summed E-state index contributed by atoms with van der Waals surface area (Å²) in [5, 5.41) is 2.67. The standard InChI is InChI=1S/C14H16BrClF3NO/c1-8(2)5-10(7-16)20-13(21)11-6-9(14(17,18)19)3-4-12(11)15/h3-4,6,8,10H,5,7H2,1-2H3,(H,20,21). The van der Waals surface area contributed by atoms with E-state index in [4.69, 9.17) is 11.6 Å². The molecule has 0 aromatic heterocycles. The number of rotatable bonds is 5. The zero-order chi connectivity index (χ0) is 16.2. The zero-order valence-electron chi connectivity index (χ0n) is 11.6. The fraction of sp³-hybridized carbons (Fsp3) is 0.500. The number of carbonyl (C=O) groups is 1. The Morgan fingerprint density at radius 3 is 2.48 bits per heavy atom. The zero-order valence-corrected chi connectivity index (χ0v) is 13.9. The van der Waals surface area contributed by atoms with Gasteiger partial charge in [0.1, 0.15) is 0 Å². The Morgan fingerprint density at radius 2 is 2.00 bits per heavy atom. The molecule has 21 heavy (non-hydrogen) atoms. The first-order valence-corrected chi connectivity index (χ1v) is 7.71. The minimum absolute atomic E-state index is 0.0521. The van der Waals surface area contributed by atoms with Crippen LogP contribution in [0.3, 0.4) is 0 Å². The molecular weight excluding hydrogens is 371 g/mol. The normalized spacial score (nSPS) is 13.3. The van der Waals surface area contributed by atoms with E-state index in [9.17, 15) is 18.0 Å². The van der Waals surface area contributed by atoms with Gasteiger partial charge in [-0.3, -0.25) is 4.79 Å². The summed E-state index contributed by atoms with van der Waals surface area (Å²) in [6.45, 7) is 3.96. The van der Waals surface area contributed by atoms with E-state index in [1.165, 1.54) is 6.07 Å². The molecule has 1 N–H and O–H groups in total. The highest BCUT2D eigenvalue weighted by Crippen LogP contribution is 2.31. The molecule has 0 radical (unpaired) electrons. The Morgan fingerprint density at radius 1 is 1.38 bits per heavy atom. The molecule has 2 nitrogen and oxygen atoms in total. The molecule has 1 aromatic carbocycles. The van der Waals surface area contributed by atoms with Crippen LogP contribution in [0.2, 0.25) is 0 Å². The van der Waals surface area contributed by atoms with Crippen molar-refractivity contribution in [2.75, 3.05) is 5.88 Å². The van der Waals surface area contributed by atoms with Crippen molar-refractivity contribution in [3.63, 3.8) is 0 Å². The van der Waals surface area contributed by atoms with Crippen LogP contribution in [0.4, 0.5) is 13.2 Å². The van der Waals surface area contributed by atoms with Gasteiger partial charge >= 0.3 is 6.18 Å². The molecule has 1 rings (SSSR count). The van der Waals surface area contributed by atoms with Gasteiger partial charge in [0, 0.05) is 16.4 Å². The lowest BCUT2D eigenvalue weighted by Gasteiger charge is -2.19. The van der Waals surface area contributed by atoms with Crippen LogP contribution in [0.1, 0.15) is 36.2 Å². The highest BCUT2D eigenvalue weighted by molar-refractivity contribution is 9.10. The van der Waals surface area contributed by atoms with E-state index < -0.39 is 17.6 Å². The Bertz CT molecular complexity index is 505. The molecule has 0 bridgehead atoms. The first-order valence-electron chi connectivity index (χ1n) is 6.38. The van der Waals surface area contributed by atoms with Crippen molar-refractivity contribution >= 4 is 33.4 Å². The largest absolute Gasteiger partial charge is 0.416 e. The second kappa shape index (κ2) is 7.49. The predicted octanol–water partition coefficient (Wildman–Crippen LogP) is 4.85. The minimum atomic E-state index is -4.49. The van der Waals surface area contributed by atoms with Gasteiger partial charge in [0.25, 0.3) is 5.91 Å². The third-order valence-electron chi connectivity index (χ3n) is 2.82. The number of halogens is 5. The molecule has 0 fully saturated rings. The minimum Gasteiger partial charge on any atom is -0.348 e. The molecule has 0 saturated carbocycles. The van der Waals surface area contributed by atoms with Crippen molar-refractivity contribution in [2.45, 2.75) is 32.5 Å². The number of carbonyl (C=O) groups excluding carboxylic acids is 1. The SMILES string of the molecule is CC(C)CC(CCl)NC(=O)c1cc(C(F)(F)F)ccc1Br. The van der Waals surface area contributed by atoms with Crippen LogP contribution in [0.15, 0.2) is 22.7 Å². The first-order chi connectivity index (χ1) is 9.65. The molecular formula is C14H16BrClF3NO. The van der Waals surface area contributed by atoms with Crippen LogP contribution in [-0.2, 0) is 6.18 Å². The van der Waals surface area contributed by atoms with Crippen LogP contribution < -0.4 is 5.32 Å². The van der Waals surface area contributed by atoms with Crippen molar-refractivity contribution in [2.24, 2.45) is 5.92 Å². The van der Waals surface area contributed by atoms with Gasteiger partial charge in [0.05, 0.1) is 11.1 Å². The van der Waals surface area contributed by atoms with Crippen LogP contribution in [0.5, 0.6) is 0 Å². The van der Waals surface area contributed by atoms with Crippen molar-refractivity contribution < 1.29 is 18.0 Å². The van der Waals surface area contributed by atoms with Crippen molar-refractivity contribution in [3.8, 4) is 0 Å². The maximum Gasteiger partial charge on any atom is 0.416 e. The van der Waals surface area contributed by atoms with E-state index in [1.54, 1.807) is 0 Å². The van der Waals surface area contributed by atoms with E-state index in [0.717, 1.165) is 12.1 Å². The van der Waals surface area contributed by atoms with E-state index in [2.05, 4.69) is 21.2 Å².